The first-order valence-corrected chi connectivity index (χ1v) is 6.72. The van der Waals surface area contributed by atoms with E-state index in [0.29, 0.717) is 0 Å². The van der Waals surface area contributed by atoms with Crippen molar-refractivity contribution >= 4 is 23.0 Å². The summed E-state index contributed by atoms with van der Waals surface area (Å²) in [6, 6.07) is 6.57. The van der Waals surface area contributed by atoms with Gasteiger partial charge >= 0.3 is 12.1 Å². The van der Waals surface area contributed by atoms with Gasteiger partial charge in [-0.05, 0) is 25.5 Å². The van der Waals surface area contributed by atoms with E-state index in [1.165, 1.54) is 0 Å². The first-order valence-electron chi connectivity index (χ1n) is 6.72. The van der Waals surface area contributed by atoms with Gasteiger partial charge < -0.3 is 20.1 Å². The van der Waals surface area contributed by atoms with Crippen LogP contribution in [0.3, 0.4) is 0 Å². The van der Waals surface area contributed by atoms with Gasteiger partial charge in [-0.2, -0.15) is 0 Å². The molecule has 1 heterocycles. The third-order valence-electron chi connectivity index (χ3n) is 3.03. The van der Waals surface area contributed by atoms with Gasteiger partial charge in [0.2, 0.25) is 0 Å². The van der Waals surface area contributed by atoms with Crippen LogP contribution in [0.5, 0.6) is 0 Å². The van der Waals surface area contributed by atoms with Gasteiger partial charge in [0, 0.05) is 23.5 Å². The fraction of sp³-hybridized carbons (Fsp3) is 0.333. The van der Waals surface area contributed by atoms with Gasteiger partial charge in [-0.15, -0.1) is 0 Å². The molecular formula is C15H18N2O4. The summed E-state index contributed by atoms with van der Waals surface area (Å²) in [4.78, 5) is 25.9. The summed E-state index contributed by atoms with van der Waals surface area (Å²) in [6.07, 6.45) is 0.924. The number of ether oxygens (including phenoxy) is 1. The lowest BCUT2D eigenvalue weighted by Gasteiger charge is -2.15. The molecule has 6 nitrogen and oxygen atoms in total. The standard InChI is InChI=1S/C15H18N2O4/c1-9(2)21-15(20)17-13(14(18)19)7-10-8-16-12-6-4-3-5-11(10)12/h3-6,8-9,13,16H,7H2,1-2H3,(H,17,20)(H,18,19)/t13-/m1/s1. The molecule has 0 saturated carbocycles. The molecule has 2 aromatic rings. The molecule has 21 heavy (non-hydrogen) atoms. The van der Waals surface area contributed by atoms with E-state index >= 15 is 0 Å². The Balaban J connectivity index is 2.13. The lowest BCUT2D eigenvalue weighted by Crippen LogP contribution is -2.43. The number of rotatable bonds is 5. The van der Waals surface area contributed by atoms with Gasteiger partial charge in [0.1, 0.15) is 6.04 Å². The highest BCUT2D eigenvalue weighted by Crippen LogP contribution is 2.19. The van der Waals surface area contributed by atoms with Gasteiger partial charge in [-0.3, -0.25) is 0 Å². The Labute approximate surface area is 122 Å². The Hall–Kier alpha value is -2.50. The predicted molar refractivity (Wildman–Crippen MR) is 78.2 cm³/mol. The summed E-state index contributed by atoms with van der Waals surface area (Å²) in [5, 5.41) is 12.6. The molecule has 112 valence electrons. The lowest BCUT2D eigenvalue weighted by atomic mass is 10.1. The van der Waals surface area contributed by atoms with Gasteiger partial charge in [0.25, 0.3) is 0 Å². The predicted octanol–water partition coefficient (Wildman–Crippen LogP) is 2.30. The molecule has 1 aromatic carbocycles. The van der Waals surface area contributed by atoms with Gasteiger partial charge in [0.05, 0.1) is 6.10 Å². The fourth-order valence-corrected chi connectivity index (χ4v) is 2.11. The number of benzene rings is 1. The van der Waals surface area contributed by atoms with Crippen LogP contribution in [0.2, 0.25) is 0 Å². The second-order valence-electron chi connectivity index (χ2n) is 5.05. The van der Waals surface area contributed by atoms with E-state index in [0.717, 1.165) is 16.5 Å². The Bertz CT molecular complexity index is 648. The van der Waals surface area contributed by atoms with Crippen LogP contribution in [0.4, 0.5) is 4.79 Å². The number of carboxylic acid groups (broad SMARTS) is 1. The van der Waals surface area contributed by atoms with Crippen LogP contribution in [0.25, 0.3) is 10.9 Å². The molecule has 6 heteroatoms. The van der Waals surface area contributed by atoms with Crippen LogP contribution in [0, 0.1) is 0 Å². The van der Waals surface area contributed by atoms with E-state index in [-0.39, 0.29) is 12.5 Å². The minimum absolute atomic E-state index is 0.187. The van der Waals surface area contributed by atoms with E-state index in [9.17, 15) is 14.7 Å². The monoisotopic (exact) mass is 290 g/mol. The molecule has 3 N–H and O–H groups in total. The number of amides is 1. The zero-order valence-corrected chi connectivity index (χ0v) is 11.9. The third-order valence-corrected chi connectivity index (χ3v) is 3.03. The molecule has 0 aliphatic rings. The number of H-pyrrole nitrogens is 1. The number of fused-ring (bicyclic) bond motifs is 1. The fourth-order valence-electron chi connectivity index (χ4n) is 2.11. The number of aromatic nitrogens is 1. The topological polar surface area (TPSA) is 91.4 Å². The van der Waals surface area contributed by atoms with Crippen LogP contribution < -0.4 is 5.32 Å². The minimum atomic E-state index is -1.10. The van der Waals surface area contributed by atoms with Gasteiger partial charge in [-0.25, -0.2) is 9.59 Å². The van der Waals surface area contributed by atoms with Crippen molar-refractivity contribution < 1.29 is 19.4 Å². The minimum Gasteiger partial charge on any atom is -0.480 e. The molecule has 2 rings (SSSR count). The largest absolute Gasteiger partial charge is 0.480 e. The van der Waals surface area contributed by atoms with Crippen molar-refractivity contribution in [2.75, 3.05) is 0 Å². The number of nitrogens with one attached hydrogen (secondary N) is 2. The summed E-state index contributed by atoms with van der Waals surface area (Å²) >= 11 is 0. The number of carbonyl (C=O) groups is 2. The Kier molecular flexibility index (Phi) is 4.47. The Morgan fingerprint density at radius 3 is 2.71 bits per heavy atom. The quantitative estimate of drug-likeness (QED) is 0.788. The second-order valence-corrected chi connectivity index (χ2v) is 5.05. The molecule has 1 aromatic heterocycles. The van der Waals surface area contributed by atoms with E-state index < -0.39 is 18.1 Å². The zero-order valence-electron chi connectivity index (χ0n) is 11.9. The first-order chi connectivity index (χ1) is 9.97. The third kappa shape index (κ3) is 3.75. The SMILES string of the molecule is CC(C)OC(=O)N[C@H](Cc1c[nH]c2ccccc12)C(=O)O. The molecule has 0 fully saturated rings. The van der Waals surface area contributed by atoms with Gasteiger partial charge in [-0.1, -0.05) is 18.2 Å². The number of carbonyl (C=O) groups excluding carboxylic acids is 1. The van der Waals surface area contributed by atoms with Gasteiger partial charge in [0.15, 0.2) is 0 Å². The molecule has 0 unspecified atom stereocenters. The van der Waals surface area contributed by atoms with Crippen molar-refractivity contribution in [3.05, 3.63) is 36.0 Å². The molecule has 0 aliphatic carbocycles. The molecule has 1 atom stereocenters. The molecule has 0 bridgehead atoms. The summed E-state index contributed by atoms with van der Waals surface area (Å²) in [7, 11) is 0. The van der Waals surface area contributed by atoms with Crippen molar-refractivity contribution in [2.24, 2.45) is 0 Å². The average molecular weight is 290 g/mol. The summed E-state index contributed by atoms with van der Waals surface area (Å²) in [5.74, 6) is -1.10. The number of aromatic amines is 1. The van der Waals surface area contributed by atoms with Crippen molar-refractivity contribution in [1.82, 2.24) is 10.3 Å². The summed E-state index contributed by atoms with van der Waals surface area (Å²) in [6.45, 7) is 3.41. The van der Waals surface area contributed by atoms with Crippen LogP contribution >= 0.6 is 0 Å². The van der Waals surface area contributed by atoms with Crippen molar-refractivity contribution in [2.45, 2.75) is 32.4 Å². The van der Waals surface area contributed by atoms with Crippen molar-refractivity contribution in [1.29, 1.82) is 0 Å². The number of aliphatic carboxylic acids is 1. The normalized spacial score (nSPS) is 12.3. The molecule has 0 radical (unpaired) electrons. The molecule has 0 aliphatic heterocycles. The van der Waals surface area contributed by atoms with Crippen LogP contribution in [0.1, 0.15) is 19.4 Å². The number of hydrogen-bond donors (Lipinski definition) is 3. The Morgan fingerprint density at radius 2 is 2.05 bits per heavy atom. The van der Waals surface area contributed by atoms with E-state index in [1.807, 2.05) is 24.3 Å². The maximum atomic E-state index is 11.6. The van der Waals surface area contributed by atoms with Crippen LogP contribution in [-0.2, 0) is 16.0 Å². The highest BCUT2D eigenvalue weighted by molar-refractivity contribution is 5.85. The van der Waals surface area contributed by atoms with E-state index in [2.05, 4.69) is 10.3 Å². The molecule has 0 spiro atoms. The van der Waals surface area contributed by atoms with Crippen LogP contribution in [0.15, 0.2) is 30.5 Å². The maximum absolute atomic E-state index is 11.6. The average Bonchev–Trinajstić information content (AvgIpc) is 2.80. The molecule has 1 amide bonds. The van der Waals surface area contributed by atoms with E-state index in [4.69, 9.17) is 4.74 Å². The van der Waals surface area contributed by atoms with Crippen LogP contribution in [-0.4, -0.2) is 34.3 Å². The highest BCUT2D eigenvalue weighted by Gasteiger charge is 2.22. The smallest absolute Gasteiger partial charge is 0.408 e. The number of carboxylic acids is 1. The number of hydrogen-bond acceptors (Lipinski definition) is 3. The maximum Gasteiger partial charge on any atom is 0.408 e. The second kappa shape index (κ2) is 6.30. The summed E-state index contributed by atoms with van der Waals surface area (Å²) < 4.78 is 4.92. The van der Waals surface area contributed by atoms with Crippen molar-refractivity contribution in [3.8, 4) is 0 Å². The number of para-hydroxylation sites is 1. The van der Waals surface area contributed by atoms with E-state index in [1.54, 1.807) is 20.0 Å². The Morgan fingerprint density at radius 1 is 1.33 bits per heavy atom. The lowest BCUT2D eigenvalue weighted by molar-refractivity contribution is -0.139. The first kappa shape index (κ1) is 14.9. The number of alkyl carbamates (subject to hydrolysis) is 1. The summed E-state index contributed by atoms with van der Waals surface area (Å²) in [5.41, 5.74) is 1.77. The molecular weight excluding hydrogens is 272 g/mol. The highest BCUT2D eigenvalue weighted by atomic mass is 16.6. The van der Waals surface area contributed by atoms with Crippen molar-refractivity contribution in [3.63, 3.8) is 0 Å². The zero-order chi connectivity index (χ0) is 15.4. The molecule has 0 saturated heterocycles.